The van der Waals surface area contributed by atoms with Crippen LogP contribution in [0.15, 0.2) is 0 Å². The monoisotopic (exact) mass is 228 g/mol. The normalized spacial score (nSPS) is 21.9. The largest absolute Gasteiger partial charge is 0.374 e. The van der Waals surface area contributed by atoms with E-state index in [1.54, 1.807) is 0 Å². The summed E-state index contributed by atoms with van der Waals surface area (Å²) >= 11 is 0. The summed E-state index contributed by atoms with van der Waals surface area (Å²) < 4.78 is 5.75. The molecule has 3 nitrogen and oxygen atoms in total. The highest BCUT2D eigenvalue weighted by Crippen LogP contribution is 2.11. The first kappa shape index (κ1) is 13.9. The summed E-state index contributed by atoms with van der Waals surface area (Å²) in [6.07, 6.45) is 2.97. The summed E-state index contributed by atoms with van der Waals surface area (Å²) in [6.45, 7) is 13.2. The summed E-state index contributed by atoms with van der Waals surface area (Å²) in [4.78, 5) is 2.54. The summed E-state index contributed by atoms with van der Waals surface area (Å²) in [7, 11) is 0. The first-order valence-electron chi connectivity index (χ1n) is 6.84. The molecular formula is C13H28N2O. The van der Waals surface area contributed by atoms with Crippen molar-refractivity contribution in [3.63, 3.8) is 0 Å². The molecule has 1 heterocycles. The predicted molar refractivity (Wildman–Crippen MR) is 68.8 cm³/mol. The lowest BCUT2D eigenvalue weighted by Crippen LogP contribution is -2.46. The second-order valence-corrected chi connectivity index (χ2v) is 4.73. The quantitative estimate of drug-likeness (QED) is 0.718. The molecule has 0 spiro atoms. The number of hydrogen-bond acceptors (Lipinski definition) is 3. The molecule has 0 aromatic carbocycles. The zero-order valence-corrected chi connectivity index (χ0v) is 11.2. The van der Waals surface area contributed by atoms with Crippen LogP contribution in [0, 0.1) is 5.92 Å². The highest BCUT2D eigenvalue weighted by atomic mass is 16.5. The van der Waals surface area contributed by atoms with Crippen molar-refractivity contribution in [1.82, 2.24) is 10.2 Å². The Morgan fingerprint density at radius 1 is 1.31 bits per heavy atom. The van der Waals surface area contributed by atoms with Crippen LogP contribution in [0.1, 0.15) is 33.6 Å². The molecule has 1 aliphatic rings. The standard InChI is InChI=1S/C13H28N2O/c1-4-12(5-2)10-15(6-3)11-13-9-14-7-8-16-13/h12-14H,4-11H2,1-3H3. The van der Waals surface area contributed by atoms with Crippen LogP contribution in [0.25, 0.3) is 0 Å². The van der Waals surface area contributed by atoms with E-state index in [9.17, 15) is 0 Å². The van der Waals surface area contributed by atoms with Gasteiger partial charge in [-0.05, 0) is 12.5 Å². The minimum absolute atomic E-state index is 0.392. The average molecular weight is 228 g/mol. The topological polar surface area (TPSA) is 24.5 Å². The summed E-state index contributed by atoms with van der Waals surface area (Å²) in [5, 5.41) is 3.39. The Hall–Kier alpha value is -0.120. The Labute approximate surface area is 101 Å². The molecular weight excluding hydrogens is 200 g/mol. The van der Waals surface area contributed by atoms with Gasteiger partial charge in [-0.15, -0.1) is 0 Å². The van der Waals surface area contributed by atoms with Gasteiger partial charge >= 0.3 is 0 Å². The van der Waals surface area contributed by atoms with Crippen molar-refractivity contribution in [3.8, 4) is 0 Å². The Bertz CT molecular complexity index is 165. The van der Waals surface area contributed by atoms with Crippen LogP contribution in [0.5, 0.6) is 0 Å². The lowest BCUT2D eigenvalue weighted by atomic mass is 10.0. The second-order valence-electron chi connectivity index (χ2n) is 4.73. The molecule has 1 atom stereocenters. The molecule has 0 aliphatic carbocycles. The Morgan fingerprint density at radius 3 is 2.56 bits per heavy atom. The fraction of sp³-hybridized carbons (Fsp3) is 1.00. The first-order chi connectivity index (χ1) is 7.80. The molecule has 1 fully saturated rings. The molecule has 0 radical (unpaired) electrons. The van der Waals surface area contributed by atoms with Gasteiger partial charge in [0.2, 0.25) is 0 Å². The van der Waals surface area contributed by atoms with E-state index in [4.69, 9.17) is 4.74 Å². The van der Waals surface area contributed by atoms with Crippen molar-refractivity contribution in [3.05, 3.63) is 0 Å². The van der Waals surface area contributed by atoms with Crippen LogP contribution in [-0.2, 0) is 4.74 Å². The van der Waals surface area contributed by atoms with Gasteiger partial charge in [-0.3, -0.25) is 0 Å². The zero-order chi connectivity index (χ0) is 11.8. The minimum Gasteiger partial charge on any atom is -0.374 e. The molecule has 0 saturated carbocycles. The van der Waals surface area contributed by atoms with Crippen LogP contribution >= 0.6 is 0 Å². The molecule has 1 saturated heterocycles. The van der Waals surface area contributed by atoms with Crippen LogP contribution in [0.3, 0.4) is 0 Å². The number of hydrogen-bond donors (Lipinski definition) is 1. The van der Waals surface area contributed by atoms with E-state index in [0.29, 0.717) is 6.10 Å². The van der Waals surface area contributed by atoms with Crippen LogP contribution in [0.4, 0.5) is 0 Å². The van der Waals surface area contributed by atoms with Gasteiger partial charge < -0.3 is 15.0 Å². The van der Waals surface area contributed by atoms with Crippen LogP contribution < -0.4 is 5.32 Å². The van der Waals surface area contributed by atoms with Gasteiger partial charge in [0.1, 0.15) is 0 Å². The van der Waals surface area contributed by atoms with Gasteiger partial charge in [-0.1, -0.05) is 33.6 Å². The summed E-state index contributed by atoms with van der Waals surface area (Å²) in [5.41, 5.74) is 0. The fourth-order valence-electron chi connectivity index (χ4n) is 2.27. The van der Waals surface area contributed by atoms with Crippen LogP contribution in [0.2, 0.25) is 0 Å². The predicted octanol–water partition coefficient (Wildman–Crippen LogP) is 1.73. The number of likely N-dealkylation sites (N-methyl/N-ethyl adjacent to an activating group) is 1. The molecule has 1 aliphatic heterocycles. The van der Waals surface area contributed by atoms with Crippen LogP contribution in [-0.4, -0.2) is 50.3 Å². The molecule has 0 amide bonds. The Balaban J connectivity index is 2.29. The summed E-state index contributed by atoms with van der Waals surface area (Å²) in [5.74, 6) is 0.844. The number of morpholine rings is 1. The molecule has 3 heteroatoms. The number of nitrogens with zero attached hydrogens (tertiary/aromatic N) is 1. The van der Waals surface area contributed by atoms with E-state index in [-0.39, 0.29) is 0 Å². The van der Waals surface area contributed by atoms with Crippen molar-refractivity contribution in [2.24, 2.45) is 5.92 Å². The smallest absolute Gasteiger partial charge is 0.0826 e. The third kappa shape index (κ3) is 4.81. The Morgan fingerprint density at radius 2 is 2.06 bits per heavy atom. The average Bonchev–Trinajstić information content (AvgIpc) is 2.35. The lowest BCUT2D eigenvalue weighted by Gasteiger charge is -2.31. The first-order valence-corrected chi connectivity index (χ1v) is 6.84. The maximum absolute atomic E-state index is 5.75. The van der Waals surface area contributed by atoms with Crippen molar-refractivity contribution in [1.29, 1.82) is 0 Å². The van der Waals surface area contributed by atoms with Crippen molar-refractivity contribution in [2.45, 2.75) is 39.7 Å². The molecule has 96 valence electrons. The molecule has 16 heavy (non-hydrogen) atoms. The lowest BCUT2D eigenvalue weighted by molar-refractivity contribution is 0.00359. The molecule has 0 aromatic heterocycles. The SMILES string of the molecule is CCC(CC)CN(CC)CC1CNCCO1. The number of rotatable bonds is 7. The third-order valence-corrected chi connectivity index (χ3v) is 3.58. The maximum atomic E-state index is 5.75. The van der Waals surface area contributed by atoms with Gasteiger partial charge in [0.25, 0.3) is 0 Å². The van der Waals surface area contributed by atoms with E-state index >= 15 is 0 Å². The molecule has 1 unspecified atom stereocenters. The minimum atomic E-state index is 0.392. The van der Waals surface area contributed by atoms with Gasteiger partial charge in [0.05, 0.1) is 12.7 Å². The van der Waals surface area contributed by atoms with Gasteiger partial charge in [-0.25, -0.2) is 0 Å². The van der Waals surface area contributed by atoms with E-state index in [2.05, 4.69) is 31.0 Å². The van der Waals surface area contributed by atoms with Crippen molar-refractivity contribution in [2.75, 3.05) is 39.3 Å². The number of nitrogens with one attached hydrogen (secondary N) is 1. The molecule has 0 aromatic rings. The van der Waals surface area contributed by atoms with E-state index < -0.39 is 0 Å². The van der Waals surface area contributed by atoms with Gasteiger partial charge in [-0.2, -0.15) is 0 Å². The highest BCUT2D eigenvalue weighted by molar-refractivity contribution is 4.73. The Kier molecular flexibility index (Phi) is 7.01. The summed E-state index contributed by atoms with van der Waals surface area (Å²) in [6, 6.07) is 0. The molecule has 1 rings (SSSR count). The second kappa shape index (κ2) is 8.04. The zero-order valence-electron chi connectivity index (χ0n) is 11.2. The maximum Gasteiger partial charge on any atom is 0.0826 e. The highest BCUT2D eigenvalue weighted by Gasteiger charge is 2.18. The van der Waals surface area contributed by atoms with Crippen molar-refractivity contribution >= 4 is 0 Å². The van der Waals surface area contributed by atoms with E-state index in [1.807, 2.05) is 0 Å². The third-order valence-electron chi connectivity index (χ3n) is 3.58. The van der Waals surface area contributed by atoms with Gasteiger partial charge in [0, 0.05) is 26.2 Å². The number of ether oxygens (including phenoxy) is 1. The molecule has 0 bridgehead atoms. The van der Waals surface area contributed by atoms with Gasteiger partial charge in [0.15, 0.2) is 0 Å². The van der Waals surface area contributed by atoms with E-state index in [1.165, 1.54) is 19.4 Å². The fourth-order valence-corrected chi connectivity index (χ4v) is 2.27. The van der Waals surface area contributed by atoms with Crippen molar-refractivity contribution < 1.29 is 4.74 Å². The van der Waals surface area contributed by atoms with E-state index in [0.717, 1.165) is 38.7 Å². The molecule has 1 N–H and O–H groups in total.